The number of thioether (sulfide) groups is 1. The van der Waals surface area contributed by atoms with Crippen molar-refractivity contribution in [1.29, 1.82) is 0 Å². The normalized spacial score (nSPS) is 28.7. The van der Waals surface area contributed by atoms with Crippen LogP contribution in [0.1, 0.15) is 91.4 Å². The van der Waals surface area contributed by atoms with Crippen LogP contribution in [0.3, 0.4) is 0 Å². The quantitative estimate of drug-likeness (QED) is 0.0463. The molecule has 43 heavy (non-hydrogen) atoms. The van der Waals surface area contributed by atoms with E-state index in [1.807, 2.05) is 25.6 Å². The molecule has 1 unspecified atom stereocenters. The van der Waals surface area contributed by atoms with E-state index in [0.29, 0.717) is 24.6 Å². The zero-order chi connectivity index (χ0) is 31.4. The van der Waals surface area contributed by atoms with Crippen LogP contribution < -0.4 is 26.8 Å². The average molecular weight is 645 g/mol. The number of nitrogens with one attached hydrogen (secondary N) is 3. The van der Waals surface area contributed by atoms with Gasteiger partial charge in [-0.25, -0.2) is 4.79 Å². The number of nitrogens with zero attached hydrogens (tertiary/aromatic N) is 1. The van der Waals surface area contributed by atoms with Crippen molar-refractivity contribution in [3.63, 3.8) is 0 Å². The number of rotatable bonds is 19. The molecule has 0 saturated carbocycles. The Hall–Kier alpha value is -1.63. The van der Waals surface area contributed by atoms with Crippen molar-refractivity contribution in [2.45, 2.75) is 133 Å². The topological polar surface area (TPSA) is 187 Å². The van der Waals surface area contributed by atoms with Gasteiger partial charge in [0.25, 0.3) is 0 Å². The van der Waals surface area contributed by atoms with Crippen LogP contribution in [-0.4, -0.2) is 83.3 Å². The number of hydrogen-bond donors (Lipinski definition) is 5. The molecule has 2 fully saturated rings. The molecule has 14 heteroatoms. The van der Waals surface area contributed by atoms with E-state index in [9.17, 15) is 24.2 Å². The second-order valence-corrected chi connectivity index (χ2v) is 14.8. The van der Waals surface area contributed by atoms with Crippen molar-refractivity contribution < 1.29 is 33.4 Å². The van der Waals surface area contributed by atoms with Crippen LogP contribution in [-0.2, 0) is 18.6 Å². The van der Waals surface area contributed by atoms with Crippen molar-refractivity contribution in [1.82, 2.24) is 16.0 Å². The van der Waals surface area contributed by atoms with Crippen molar-refractivity contribution in [3.8, 4) is 0 Å². The standard InChI is InChI=1S/C29H52N5O7PS/c1-4-20(5-2)41-24-17-21(16-22(30)27(24)32-19(3)35)42(38,39)40-15-11-7-6-10-14-31-26(36)13-9-8-12-25-28-23(18-43-25)33-29(37)34-28/h17,20,22-25,27-28H,4-16,18,30H2,1-3H3,(H,31,36)(H,32,35)(H,38,39)(H2,33,34,37)/p-1/t22-,23-,24+,25-,27+,28-/m0/s1. The van der Waals surface area contributed by atoms with Crippen LogP contribution in [0.5, 0.6) is 0 Å². The third-order valence-electron chi connectivity index (χ3n) is 8.27. The van der Waals surface area contributed by atoms with E-state index in [0.717, 1.165) is 57.1 Å². The Morgan fingerprint density at radius 1 is 1.23 bits per heavy atom. The minimum absolute atomic E-state index is 0.0566. The number of carbonyl (C=O) groups is 2. The first-order valence-corrected chi connectivity index (χ1v) is 18.4. The third kappa shape index (κ3) is 11.3. The molecule has 3 amide bonds. The molecule has 7 atom stereocenters. The highest BCUT2D eigenvalue weighted by molar-refractivity contribution is 8.00. The highest BCUT2D eigenvalue weighted by Crippen LogP contribution is 2.54. The summed E-state index contributed by atoms with van der Waals surface area (Å²) >= 11 is 1.89. The molecule has 246 valence electrons. The number of aliphatic imine (C=N–C) groups is 1. The van der Waals surface area contributed by atoms with Crippen LogP contribution in [0, 0.1) is 0 Å². The summed E-state index contributed by atoms with van der Waals surface area (Å²) in [6, 6.07) is -0.874. The first-order valence-electron chi connectivity index (χ1n) is 15.8. The van der Waals surface area contributed by atoms with Crippen molar-refractivity contribution >= 4 is 37.2 Å². The van der Waals surface area contributed by atoms with Gasteiger partial charge in [-0.05, 0) is 63.8 Å². The summed E-state index contributed by atoms with van der Waals surface area (Å²) < 4.78 is 24.6. The molecule has 1 aliphatic carbocycles. The number of hydrogen-bond acceptors (Lipinski definition) is 9. The summed E-state index contributed by atoms with van der Waals surface area (Å²) in [6.07, 6.45) is 8.87. The zero-order valence-corrected chi connectivity index (χ0v) is 27.5. The Bertz CT molecular complexity index is 1020. The molecular formula is C29H51N5O7PS-. The Labute approximate surface area is 260 Å². The highest BCUT2D eigenvalue weighted by Gasteiger charge is 2.42. The van der Waals surface area contributed by atoms with E-state index < -0.39 is 25.8 Å². The zero-order valence-electron chi connectivity index (χ0n) is 25.8. The van der Waals surface area contributed by atoms with Gasteiger partial charge in [0.05, 0.1) is 30.8 Å². The largest absolute Gasteiger partial charge is 0.862 e. The lowest BCUT2D eigenvalue weighted by Crippen LogP contribution is -2.47. The summed E-state index contributed by atoms with van der Waals surface area (Å²) in [5.74, 6) is 0.647. The minimum Gasteiger partial charge on any atom is -0.862 e. The average Bonchev–Trinajstić information content (AvgIpc) is 3.51. The van der Waals surface area contributed by atoms with Crippen LogP contribution in [0.2, 0.25) is 0 Å². The maximum absolute atomic E-state index is 13.1. The van der Waals surface area contributed by atoms with Gasteiger partial charge in [0.15, 0.2) is 0 Å². The van der Waals surface area contributed by atoms with Crippen LogP contribution in [0.15, 0.2) is 16.4 Å². The van der Waals surface area contributed by atoms with Gasteiger partial charge >= 0.3 is 13.6 Å². The Morgan fingerprint density at radius 3 is 2.70 bits per heavy atom. The molecule has 0 bridgehead atoms. The molecule has 3 aliphatic rings. The first kappa shape index (κ1) is 35.8. The van der Waals surface area contributed by atoms with Gasteiger partial charge in [-0.15, -0.1) is 0 Å². The summed E-state index contributed by atoms with van der Waals surface area (Å²) in [5.41, 5.74) is 6.29. The van der Waals surface area contributed by atoms with Crippen LogP contribution in [0.25, 0.3) is 0 Å². The molecule has 12 nitrogen and oxygen atoms in total. The maximum Gasteiger partial charge on any atom is 0.354 e. The van der Waals surface area contributed by atoms with Gasteiger partial charge in [0.1, 0.15) is 6.10 Å². The van der Waals surface area contributed by atoms with Crippen molar-refractivity contribution in [2.75, 3.05) is 18.9 Å². The third-order valence-corrected chi connectivity index (χ3v) is 11.4. The van der Waals surface area contributed by atoms with Gasteiger partial charge < -0.3 is 40.9 Å². The van der Waals surface area contributed by atoms with Gasteiger partial charge in [-0.3, -0.25) is 14.4 Å². The SMILES string of the molecule is CCC(CC)O[C@@H]1C=C(P(=O)(O)OCCCCCCNC(=O)CCCC[C@@H]2SC[C@@H]3NC(=O)N[C@@H]32)C[C@H](N)[C@H]1N=C(C)[O-]. The second kappa shape index (κ2) is 17.8. The molecule has 2 aliphatic heterocycles. The molecule has 2 saturated heterocycles. The lowest BCUT2D eigenvalue weighted by atomic mass is 9.94. The van der Waals surface area contributed by atoms with E-state index in [1.54, 1.807) is 6.08 Å². The minimum atomic E-state index is -4.07. The number of nitrogens with two attached hydrogens (primary N) is 1. The maximum atomic E-state index is 13.1. The van der Waals surface area contributed by atoms with Crippen LogP contribution >= 0.6 is 19.4 Å². The summed E-state index contributed by atoms with van der Waals surface area (Å²) in [7, 11) is -4.07. The van der Waals surface area contributed by atoms with E-state index in [4.69, 9.17) is 15.0 Å². The number of fused-ring (bicyclic) bond motifs is 1. The highest BCUT2D eigenvalue weighted by atomic mass is 32.2. The smallest absolute Gasteiger partial charge is 0.354 e. The fourth-order valence-electron chi connectivity index (χ4n) is 5.82. The van der Waals surface area contributed by atoms with Gasteiger partial charge in [0, 0.05) is 35.3 Å². The number of carbonyl (C=O) groups excluding carboxylic acids is 2. The molecule has 0 aromatic rings. The monoisotopic (exact) mass is 644 g/mol. The lowest BCUT2D eigenvalue weighted by Gasteiger charge is -2.36. The van der Waals surface area contributed by atoms with E-state index in [-0.39, 0.29) is 54.4 Å². The summed E-state index contributed by atoms with van der Waals surface area (Å²) in [6.45, 7) is 6.09. The van der Waals surface area contributed by atoms with Crippen molar-refractivity contribution in [3.05, 3.63) is 11.4 Å². The molecular weight excluding hydrogens is 593 g/mol. The molecule has 0 spiro atoms. The number of amides is 3. The van der Waals surface area contributed by atoms with Crippen LogP contribution in [0.4, 0.5) is 4.79 Å². The fourth-order valence-corrected chi connectivity index (χ4v) is 8.68. The van der Waals surface area contributed by atoms with Gasteiger partial charge in [0.2, 0.25) is 5.91 Å². The summed E-state index contributed by atoms with van der Waals surface area (Å²) in [5, 5.41) is 21.2. The molecule has 6 N–H and O–H groups in total. The molecule has 3 rings (SSSR count). The predicted molar refractivity (Wildman–Crippen MR) is 168 cm³/mol. The molecule has 0 radical (unpaired) electrons. The van der Waals surface area contributed by atoms with E-state index >= 15 is 0 Å². The van der Waals surface area contributed by atoms with E-state index in [1.165, 1.54) is 6.92 Å². The number of urea groups is 1. The van der Waals surface area contributed by atoms with Gasteiger partial charge in [-0.1, -0.05) is 33.1 Å². The number of ether oxygens (including phenoxy) is 1. The predicted octanol–water partition coefficient (Wildman–Crippen LogP) is 2.93. The Kier molecular flexibility index (Phi) is 14.8. The second-order valence-electron chi connectivity index (χ2n) is 11.7. The first-order chi connectivity index (χ1) is 20.5. The fraction of sp³-hybridized carbons (Fsp3) is 0.828. The summed E-state index contributed by atoms with van der Waals surface area (Å²) in [4.78, 5) is 38.4. The van der Waals surface area contributed by atoms with E-state index in [2.05, 4.69) is 20.9 Å². The Morgan fingerprint density at radius 2 is 1.98 bits per heavy atom. The molecule has 0 aromatic heterocycles. The number of unbranched alkanes of at least 4 members (excludes halogenated alkanes) is 4. The Balaban J connectivity index is 1.28. The lowest BCUT2D eigenvalue weighted by molar-refractivity contribution is -0.216. The van der Waals surface area contributed by atoms with Gasteiger partial charge in [-0.2, -0.15) is 11.8 Å². The molecule has 2 heterocycles. The van der Waals surface area contributed by atoms with Crippen molar-refractivity contribution in [2.24, 2.45) is 10.7 Å². The molecule has 0 aromatic carbocycles.